The van der Waals surface area contributed by atoms with Crippen LogP contribution in [0.2, 0.25) is 0 Å². The molecule has 19 heavy (non-hydrogen) atoms. The van der Waals surface area contributed by atoms with E-state index in [0.29, 0.717) is 24.5 Å². The van der Waals surface area contributed by atoms with E-state index in [9.17, 15) is 4.79 Å². The van der Waals surface area contributed by atoms with Crippen molar-refractivity contribution in [3.8, 4) is 17.0 Å². The number of nitrogens with zero attached hydrogens (tertiary/aromatic N) is 2. The molecule has 0 saturated heterocycles. The number of aromatic nitrogens is 2. The molecule has 1 aliphatic rings. The van der Waals surface area contributed by atoms with Gasteiger partial charge in [-0.25, -0.2) is 0 Å². The fourth-order valence-corrected chi connectivity index (χ4v) is 1.96. The average Bonchev–Trinajstić information content (AvgIpc) is 2.62. The van der Waals surface area contributed by atoms with Crippen molar-refractivity contribution in [2.24, 2.45) is 0 Å². The van der Waals surface area contributed by atoms with Crippen LogP contribution in [0.3, 0.4) is 0 Å². The molecule has 5 nitrogen and oxygen atoms in total. The summed E-state index contributed by atoms with van der Waals surface area (Å²) in [5.74, 6) is 0.494. The van der Waals surface area contributed by atoms with Gasteiger partial charge in [0.1, 0.15) is 12.4 Å². The van der Waals surface area contributed by atoms with Crippen molar-refractivity contribution in [2.45, 2.75) is 6.92 Å². The summed E-state index contributed by atoms with van der Waals surface area (Å²) < 4.78 is 5.51. The number of hydrogen-bond acceptors (Lipinski definition) is 4. The standard InChI is InChI=1S/C14H13N3O2/c1-9-7-17-12(8-16-9)10-2-3-13-11(6-10)14(18)15-4-5-19-13/h2-3,6-8H,4-5H2,1H3,(H,15,18). The smallest absolute Gasteiger partial charge is 0.255 e. The van der Waals surface area contributed by atoms with Gasteiger partial charge in [0.05, 0.1) is 29.7 Å². The molecule has 0 saturated carbocycles. The zero-order chi connectivity index (χ0) is 13.2. The van der Waals surface area contributed by atoms with E-state index >= 15 is 0 Å². The Morgan fingerprint density at radius 1 is 1.26 bits per heavy atom. The summed E-state index contributed by atoms with van der Waals surface area (Å²) >= 11 is 0. The van der Waals surface area contributed by atoms with Gasteiger partial charge in [0.15, 0.2) is 0 Å². The molecule has 0 radical (unpaired) electrons. The van der Waals surface area contributed by atoms with Gasteiger partial charge in [-0.05, 0) is 25.1 Å². The van der Waals surface area contributed by atoms with E-state index in [1.807, 2.05) is 13.0 Å². The van der Waals surface area contributed by atoms with Gasteiger partial charge in [-0.3, -0.25) is 14.8 Å². The zero-order valence-corrected chi connectivity index (χ0v) is 10.5. The monoisotopic (exact) mass is 255 g/mol. The first-order valence-corrected chi connectivity index (χ1v) is 6.08. The molecule has 1 N–H and O–H groups in total. The number of ether oxygens (including phenoxy) is 1. The van der Waals surface area contributed by atoms with Crippen LogP contribution in [-0.4, -0.2) is 29.0 Å². The zero-order valence-electron chi connectivity index (χ0n) is 10.5. The number of hydrogen-bond donors (Lipinski definition) is 1. The molecule has 0 bridgehead atoms. The van der Waals surface area contributed by atoms with Gasteiger partial charge in [0, 0.05) is 11.8 Å². The number of carbonyl (C=O) groups is 1. The highest BCUT2D eigenvalue weighted by molar-refractivity contribution is 5.98. The lowest BCUT2D eigenvalue weighted by atomic mass is 10.1. The third-order valence-electron chi connectivity index (χ3n) is 2.95. The Hall–Kier alpha value is -2.43. The largest absolute Gasteiger partial charge is 0.491 e. The summed E-state index contributed by atoms with van der Waals surface area (Å²) in [4.78, 5) is 20.4. The van der Waals surface area contributed by atoms with Crippen LogP contribution in [0.15, 0.2) is 30.6 Å². The highest BCUT2D eigenvalue weighted by Crippen LogP contribution is 2.26. The summed E-state index contributed by atoms with van der Waals surface area (Å²) in [7, 11) is 0. The minimum absolute atomic E-state index is 0.116. The van der Waals surface area contributed by atoms with E-state index in [1.165, 1.54) is 0 Å². The minimum atomic E-state index is -0.116. The molecule has 1 aromatic heterocycles. The van der Waals surface area contributed by atoms with Crippen molar-refractivity contribution < 1.29 is 9.53 Å². The summed E-state index contributed by atoms with van der Waals surface area (Å²) in [5.41, 5.74) is 2.99. The third kappa shape index (κ3) is 2.27. The van der Waals surface area contributed by atoms with Crippen molar-refractivity contribution in [3.63, 3.8) is 0 Å². The molecular formula is C14H13N3O2. The Morgan fingerprint density at radius 3 is 2.95 bits per heavy atom. The average molecular weight is 255 g/mol. The molecule has 3 rings (SSSR count). The number of fused-ring (bicyclic) bond motifs is 1. The maximum Gasteiger partial charge on any atom is 0.255 e. The molecule has 2 aromatic rings. The molecule has 1 amide bonds. The first-order chi connectivity index (χ1) is 9.24. The quantitative estimate of drug-likeness (QED) is 0.840. The lowest BCUT2D eigenvalue weighted by Gasteiger charge is -2.07. The normalized spacial score (nSPS) is 14.1. The molecule has 0 atom stereocenters. The van der Waals surface area contributed by atoms with Gasteiger partial charge in [0.2, 0.25) is 0 Å². The van der Waals surface area contributed by atoms with Gasteiger partial charge >= 0.3 is 0 Å². The number of aryl methyl sites for hydroxylation is 1. The van der Waals surface area contributed by atoms with Gasteiger partial charge in [-0.2, -0.15) is 0 Å². The first kappa shape index (κ1) is 11.6. The molecule has 1 aromatic carbocycles. The second kappa shape index (κ2) is 4.68. The summed E-state index contributed by atoms with van der Waals surface area (Å²) in [5, 5.41) is 2.79. The highest BCUT2D eigenvalue weighted by atomic mass is 16.5. The van der Waals surface area contributed by atoms with Gasteiger partial charge in [-0.1, -0.05) is 0 Å². The summed E-state index contributed by atoms with van der Waals surface area (Å²) in [6, 6.07) is 5.48. The number of carbonyl (C=O) groups excluding carboxylic acids is 1. The molecule has 2 heterocycles. The molecule has 96 valence electrons. The van der Waals surface area contributed by atoms with E-state index in [1.54, 1.807) is 24.5 Å². The summed E-state index contributed by atoms with van der Waals surface area (Å²) in [6.07, 6.45) is 3.41. The van der Waals surface area contributed by atoms with Crippen LogP contribution in [0.4, 0.5) is 0 Å². The van der Waals surface area contributed by atoms with Crippen molar-refractivity contribution in [1.82, 2.24) is 15.3 Å². The molecule has 0 aliphatic carbocycles. The number of benzene rings is 1. The van der Waals surface area contributed by atoms with Gasteiger partial charge in [-0.15, -0.1) is 0 Å². The maximum atomic E-state index is 11.9. The van der Waals surface area contributed by atoms with Crippen molar-refractivity contribution in [2.75, 3.05) is 13.2 Å². The Labute approximate surface area is 110 Å². The van der Waals surface area contributed by atoms with Crippen LogP contribution < -0.4 is 10.1 Å². The molecular weight excluding hydrogens is 242 g/mol. The Balaban J connectivity index is 2.05. The van der Waals surface area contributed by atoms with Crippen LogP contribution in [0.25, 0.3) is 11.3 Å². The van der Waals surface area contributed by atoms with Crippen LogP contribution in [0, 0.1) is 6.92 Å². The maximum absolute atomic E-state index is 11.9. The Morgan fingerprint density at radius 2 is 2.16 bits per heavy atom. The molecule has 5 heteroatoms. The lowest BCUT2D eigenvalue weighted by molar-refractivity contribution is 0.0957. The van der Waals surface area contributed by atoms with Crippen molar-refractivity contribution in [1.29, 1.82) is 0 Å². The van der Waals surface area contributed by atoms with Crippen LogP contribution >= 0.6 is 0 Å². The highest BCUT2D eigenvalue weighted by Gasteiger charge is 2.17. The van der Waals surface area contributed by atoms with E-state index in [2.05, 4.69) is 15.3 Å². The van der Waals surface area contributed by atoms with Crippen LogP contribution in [0.5, 0.6) is 5.75 Å². The molecule has 1 aliphatic heterocycles. The van der Waals surface area contributed by atoms with E-state index in [-0.39, 0.29) is 5.91 Å². The minimum Gasteiger partial charge on any atom is -0.491 e. The SMILES string of the molecule is Cc1cnc(-c2ccc3c(c2)C(=O)NCCO3)cn1. The van der Waals surface area contributed by atoms with Crippen LogP contribution in [0.1, 0.15) is 16.1 Å². The van der Waals surface area contributed by atoms with Crippen molar-refractivity contribution in [3.05, 3.63) is 41.9 Å². The van der Waals surface area contributed by atoms with Crippen molar-refractivity contribution >= 4 is 5.91 Å². The molecule has 0 spiro atoms. The fraction of sp³-hybridized carbons (Fsp3) is 0.214. The lowest BCUT2D eigenvalue weighted by Crippen LogP contribution is -2.24. The van der Waals surface area contributed by atoms with Gasteiger partial charge in [0.25, 0.3) is 5.91 Å². The molecule has 0 unspecified atom stereocenters. The predicted octanol–water partition coefficient (Wildman–Crippen LogP) is 1.57. The van der Waals surface area contributed by atoms with E-state index in [4.69, 9.17) is 4.74 Å². The Kier molecular flexibility index (Phi) is 2.87. The van der Waals surface area contributed by atoms with E-state index in [0.717, 1.165) is 17.0 Å². The van der Waals surface area contributed by atoms with Crippen LogP contribution in [-0.2, 0) is 0 Å². The number of rotatable bonds is 1. The molecule has 0 fully saturated rings. The number of nitrogens with one attached hydrogen (secondary N) is 1. The fourth-order valence-electron chi connectivity index (χ4n) is 1.96. The second-order valence-corrected chi connectivity index (χ2v) is 4.36. The predicted molar refractivity (Wildman–Crippen MR) is 70.0 cm³/mol. The Bertz CT molecular complexity index is 623. The summed E-state index contributed by atoms with van der Waals surface area (Å²) in [6.45, 7) is 2.89. The topological polar surface area (TPSA) is 64.1 Å². The van der Waals surface area contributed by atoms with Gasteiger partial charge < -0.3 is 10.1 Å². The van der Waals surface area contributed by atoms with E-state index < -0.39 is 0 Å². The second-order valence-electron chi connectivity index (χ2n) is 4.36. The third-order valence-corrected chi connectivity index (χ3v) is 2.95. The first-order valence-electron chi connectivity index (χ1n) is 6.08. The number of amides is 1.